The van der Waals surface area contributed by atoms with Crippen LogP contribution in [0.1, 0.15) is 162 Å². The van der Waals surface area contributed by atoms with E-state index in [0.29, 0.717) is 40.9 Å². The molecule has 68 heavy (non-hydrogen) atoms. The highest BCUT2D eigenvalue weighted by Gasteiger charge is 2.63. The van der Waals surface area contributed by atoms with E-state index >= 15 is 0 Å². The minimum Gasteiger partial charge on any atom is -0.478 e. The Hall–Kier alpha value is -5.06. The number of esters is 1. The fraction of sp³-hybridized carbons (Fsp3) is 0.508. The normalized spacial score (nSPS) is 28.5. The average Bonchev–Trinajstić information content (AvgIpc) is 3.87. The largest absolute Gasteiger partial charge is 0.478 e. The van der Waals surface area contributed by atoms with Gasteiger partial charge >= 0.3 is 11.9 Å². The second kappa shape index (κ2) is 18.4. The quantitative estimate of drug-likeness (QED) is 0.0723. The molecule has 0 saturated heterocycles. The van der Waals surface area contributed by atoms with Crippen LogP contribution in [0.15, 0.2) is 96.6 Å². The van der Waals surface area contributed by atoms with Crippen LogP contribution in [0.3, 0.4) is 0 Å². The third-order valence-corrected chi connectivity index (χ3v) is 23.7. The molecule has 1 N–H and O–H groups in total. The predicted molar refractivity (Wildman–Crippen MR) is 275 cm³/mol. The number of nitrogens with zero attached hydrogens (tertiary/aromatic N) is 1. The molecule has 0 heterocycles. The maximum Gasteiger partial charge on any atom is 0.338 e. The molecule has 0 spiro atoms. The molecule has 7 heteroatoms. The number of hydrogen-bond acceptors (Lipinski definition) is 5. The van der Waals surface area contributed by atoms with Crippen molar-refractivity contribution in [2.24, 2.45) is 46.3 Å². The standard InChI is InChI=1S/C61H73NO5Si/c1-38(2)11-9-12-39(3)52-27-28-53-49-25-23-45-35-46(30-32-59(45,5)54(49)31-33-60(52,53)6)67-58(66)50-13-10-14-55-56(50)61(55,34-29-40(4)63)68(7,8)47-24-26-48(57(64)65)51(36-47)44-21-19-43(20-22-44)42-17-15-41(37-62)16-18-42/h10,13-24,26,36,38-39,46,49,52-54H,9,11-12,25,27-35H2,1-8H3,(H,64,65)/t39-,46?,49?,52-,53?,54?,59+,60-,61?/m1/s1. The Kier molecular flexibility index (Phi) is 13.0. The zero-order valence-electron chi connectivity index (χ0n) is 41.9. The van der Waals surface area contributed by atoms with Crippen molar-refractivity contribution in [2.45, 2.75) is 149 Å². The molecule has 0 bridgehead atoms. The molecule has 356 valence electrons. The lowest BCUT2D eigenvalue weighted by Crippen LogP contribution is -2.54. The zero-order chi connectivity index (χ0) is 48.3. The lowest BCUT2D eigenvalue weighted by atomic mass is 9.47. The number of Topliss-reactive ketones (excluding diaryl/α,β-unsaturated/α-hetero) is 1. The fourth-order valence-electron chi connectivity index (χ4n) is 15.2. The molecule has 3 saturated carbocycles. The molecule has 0 aliphatic heterocycles. The number of fused-ring (bicyclic) bond motifs is 6. The summed E-state index contributed by atoms with van der Waals surface area (Å²) in [6, 6.07) is 29.2. The highest BCUT2D eigenvalue weighted by molar-refractivity contribution is 6.94. The molecule has 9 atom stereocenters. The summed E-state index contributed by atoms with van der Waals surface area (Å²) >= 11 is 0. The van der Waals surface area contributed by atoms with Crippen LogP contribution in [0, 0.1) is 57.7 Å². The first kappa shape index (κ1) is 48.0. The molecule has 6 nitrogen and oxygen atoms in total. The molecule has 5 unspecified atom stereocenters. The van der Waals surface area contributed by atoms with Crippen LogP contribution in [-0.4, -0.2) is 37.0 Å². The lowest BCUT2D eigenvalue weighted by Gasteiger charge is -2.58. The number of allylic oxidation sites excluding steroid dienone is 1. The van der Waals surface area contributed by atoms with E-state index in [1.54, 1.807) is 25.1 Å². The number of hydrogen-bond donors (Lipinski definition) is 1. The van der Waals surface area contributed by atoms with Gasteiger partial charge in [-0.15, -0.1) is 0 Å². The summed E-state index contributed by atoms with van der Waals surface area (Å²) in [5, 5.41) is 20.2. The first-order valence-corrected chi connectivity index (χ1v) is 29.0. The van der Waals surface area contributed by atoms with E-state index in [1.165, 1.54) is 50.5 Å². The number of carbonyl (C=O) groups excluding carboxylic acids is 2. The van der Waals surface area contributed by atoms with Crippen molar-refractivity contribution in [1.29, 1.82) is 5.26 Å². The van der Waals surface area contributed by atoms with E-state index in [-0.39, 0.29) is 28.8 Å². The summed E-state index contributed by atoms with van der Waals surface area (Å²) in [6.07, 6.45) is 16.8. The number of carboxylic acids is 1. The third kappa shape index (κ3) is 8.25. The van der Waals surface area contributed by atoms with E-state index in [4.69, 9.17) is 4.74 Å². The molecule has 0 radical (unpaired) electrons. The number of aromatic carboxylic acids is 1. The van der Waals surface area contributed by atoms with Crippen molar-refractivity contribution in [2.75, 3.05) is 0 Å². The number of nitriles is 1. The van der Waals surface area contributed by atoms with E-state index in [9.17, 15) is 24.8 Å². The van der Waals surface area contributed by atoms with Crippen LogP contribution in [0.4, 0.5) is 0 Å². The number of benzene rings is 4. The number of ketones is 1. The summed E-state index contributed by atoms with van der Waals surface area (Å²) in [5.41, 5.74) is 9.04. The van der Waals surface area contributed by atoms with Crippen LogP contribution in [0.2, 0.25) is 13.1 Å². The molecule has 4 aromatic rings. The maximum atomic E-state index is 14.6. The van der Waals surface area contributed by atoms with Gasteiger partial charge in [0, 0.05) is 17.9 Å². The van der Waals surface area contributed by atoms with Gasteiger partial charge in [0.2, 0.25) is 0 Å². The second-order valence-corrected chi connectivity index (χ2v) is 28.0. The van der Waals surface area contributed by atoms with Crippen molar-refractivity contribution in [3.05, 3.63) is 124 Å². The highest BCUT2D eigenvalue weighted by atomic mass is 28.3. The van der Waals surface area contributed by atoms with Gasteiger partial charge in [-0.05, 0) is 162 Å². The molecule has 5 aliphatic rings. The van der Waals surface area contributed by atoms with Crippen molar-refractivity contribution in [3.8, 4) is 28.3 Å². The Labute approximate surface area is 407 Å². The van der Waals surface area contributed by atoms with E-state index in [0.717, 1.165) is 88.3 Å². The second-order valence-electron chi connectivity index (χ2n) is 23.4. The number of carbonyl (C=O) groups is 3. The molecule has 5 aliphatic carbocycles. The zero-order valence-corrected chi connectivity index (χ0v) is 42.9. The van der Waals surface area contributed by atoms with Gasteiger partial charge in [0.05, 0.1) is 30.8 Å². The molecule has 0 aromatic heterocycles. The topological polar surface area (TPSA) is 104 Å². The number of rotatable bonds is 15. The van der Waals surface area contributed by atoms with Crippen LogP contribution < -0.4 is 5.19 Å². The minimum absolute atomic E-state index is 0.107. The van der Waals surface area contributed by atoms with Gasteiger partial charge in [-0.3, -0.25) is 0 Å². The minimum atomic E-state index is -2.67. The average molecular weight is 928 g/mol. The van der Waals surface area contributed by atoms with Gasteiger partial charge < -0.3 is 14.6 Å². The van der Waals surface area contributed by atoms with Crippen molar-refractivity contribution < 1.29 is 24.2 Å². The molecule has 9 rings (SSSR count). The first-order chi connectivity index (χ1) is 32.4. The SMILES string of the molecule is CC(=O)CCC1([Si](C)(C)c2ccc(C(=O)O)c(-c3ccc(-c4ccc(C#N)cc4)cc3)c2)c2cccc(C(=O)OC3CC[C@@]4(C)C(=CCC5C4CC[C@@]4(C)C5CC[C@@H]4[C@H](C)CCCC(C)C)C3)c21. The lowest BCUT2D eigenvalue weighted by molar-refractivity contribution is -0.117. The summed E-state index contributed by atoms with van der Waals surface area (Å²) in [5.74, 6) is 3.53. The van der Waals surface area contributed by atoms with Crippen LogP contribution in [0.25, 0.3) is 22.3 Å². The van der Waals surface area contributed by atoms with Crippen molar-refractivity contribution in [3.63, 3.8) is 0 Å². The van der Waals surface area contributed by atoms with E-state index in [2.05, 4.69) is 65.9 Å². The van der Waals surface area contributed by atoms with Gasteiger partial charge in [-0.2, -0.15) is 5.26 Å². The molecular weight excluding hydrogens is 855 g/mol. The van der Waals surface area contributed by atoms with Crippen molar-refractivity contribution in [1.82, 2.24) is 0 Å². The summed E-state index contributed by atoms with van der Waals surface area (Å²) in [4.78, 5) is 40.1. The molecular formula is C61H73NO5Si. The van der Waals surface area contributed by atoms with E-state index in [1.807, 2.05) is 60.7 Å². The van der Waals surface area contributed by atoms with E-state index < -0.39 is 19.1 Å². The summed E-state index contributed by atoms with van der Waals surface area (Å²) in [6.45, 7) is 18.7. The fourth-order valence-corrected chi connectivity index (χ4v) is 19.1. The van der Waals surface area contributed by atoms with Crippen molar-refractivity contribution >= 4 is 31.0 Å². The Bertz CT molecular complexity index is 2670. The molecule has 0 amide bonds. The Morgan fingerprint density at radius 1 is 0.838 bits per heavy atom. The monoisotopic (exact) mass is 928 g/mol. The Morgan fingerprint density at radius 3 is 2.22 bits per heavy atom. The van der Waals surface area contributed by atoms with Crippen LogP contribution in [-0.2, 0) is 14.6 Å². The van der Waals surface area contributed by atoms with Gasteiger partial charge in [0.15, 0.2) is 0 Å². The first-order valence-electron chi connectivity index (χ1n) is 26.0. The maximum absolute atomic E-state index is 14.6. The summed E-state index contributed by atoms with van der Waals surface area (Å²) in [7, 11) is -2.67. The Morgan fingerprint density at radius 2 is 1.54 bits per heavy atom. The Balaban J connectivity index is 0.940. The van der Waals surface area contributed by atoms with Gasteiger partial charge in [-0.1, -0.05) is 144 Å². The van der Waals surface area contributed by atoms with Crippen LogP contribution in [0.5, 0.6) is 0 Å². The van der Waals surface area contributed by atoms with Gasteiger partial charge in [-0.25, -0.2) is 9.59 Å². The smallest absolute Gasteiger partial charge is 0.338 e. The number of ether oxygens (including phenoxy) is 1. The molecule has 3 fully saturated rings. The molecule has 4 aromatic carbocycles. The van der Waals surface area contributed by atoms with Gasteiger partial charge in [0.25, 0.3) is 0 Å². The highest BCUT2D eigenvalue weighted by Crippen LogP contribution is 2.68. The third-order valence-electron chi connectivity index (χ3n) is 19.1. The van der Waals surface area contributed by atoms with Gasteiger partial charge in [0.1, 0.15) is 11.9 Å². The summed E-state index contributed by atoms with van der Waals surface area (Å²) < 4.78 is 6.59. The number of carboxylic acid groups (broad SMARTS) is 1. The predicted octanol–water partition coefficient (Wildman–Crippen LogP) is 14.3. The van der Waals surface area contributed by atoms with Crippen LogP contribution >= 0.6 is 0 Å².